The predicted molar refractivity (Wildman–Crippen MR) is 48.5 cm³/mol. The van der Waals surface area contributed by atoms with Gasteiger partial charge in [-0.2, -0.15) is 0 Å². The topological polar surface area (TPSA) is 21.8 Å². The molecule has 2 heteroatoms. The van der Waals surface area contributed by atoms with E-state index in [1.165, 1.54) is 11.1 Å². The van der Waals surface area contributed by atoms with Crippen LogP contribution in [0.3, 0.4) is 0 Å². The van der Waals surface area contributed by atoms with Crippen molar-refractivity contribution in [3.63, 3.8) is 0 Å². The first kappa shape index (κ1) is 7.54. The summed E-state index contributed by atoms with van der Waals surface area (Å²) in [6, 6.07) is 8.50. The number of hydrogen-bond acceptors (Lipinski definition) is 2. The van der Waals surface area contributed by atoms with E-state index < -0.39 is 0 Å². The van der Waals surface area contributed by atoms with Crippen molar-refractivity contribution >= 4 is 0 Å². The fourth-order valence-electron chi connectivity index (χ4n) is 2.21. The average Bonchev–Trinajstić information content (AvgIpc) is 2.88. The van der Waals surface area contributed by atoms with Crippen LogP contribution >= 0.6 is 0 Å². The van der Waals surface area contributed by atoms with E-state index in [-0.39, 0.29) is 5.79 Å². The minimum absolute atomic E-state index is 0.269. The van der Waals surface area contributed by atoms with E-state index in [1.807, 2.05) is 0 Å². The zero-order valence-electron chi connectivity index (χ0n) is 7.62. The van der Waals surface area contributed by atoms with Crippen molar-refractivity contribution < 1.29 is 9.47 Å². The van der Waals surface area contributed by atoms with Crippen LogP contribution < -0.4 is 0 Å². The third-order valence-corrected chi connectivity index (χ3v) is 3.08. The van der Waals surface area contributed by atoms with Gasteiger partial charge >= 0.3 is 0 Å². The summed E-state index contributed by atoms with van der Waals surface area (Å²) in [5, 5.41) is 0. The van der Waals surface area contributed by atoms with Crippen LogP contribution in [-0.2, 0) is 22.3 Å². The molecule has 1 heterocycles. The standard InChI is InChI=1S/C11H12O2/c1-12-11-7-9-5-3-2-4-8(9)6-10(11)13-11/h2-5,10H,6-7H2,1H3/t10-,11+/m1/s1. The van der Waals surface area contributed by atoms with Crippen molar-refractivity contribution in [2.45, 2.75) is 24.7 Å². The van der Waals surface area contributed by atoms with E-state index in [2.05, 4.69) is 24.3 Å². The van der Waals surface area contributed by atoms with Gasteiger partial charge in [0, 0.05) is 20.0 Å². The third kappa shape index (κ3) is 0.960. The Morgan fingerprint density at radius 1 is 1.38 bits per heavy atom. The molecular formula is C11H12O2. The first-order valence-corrected chi connectivity index (χ1v) is 4.64. The van der Waals surface area contributed by atoms with Crippen molar-refractivity contribution in [3.8, 4) is 0 Å². The highest BCUT2D eigenvalue weighted by molar-refractivity contribution is 5.34. The zero-order valence-corrected chi connectivity index (χ0v) is 7.62. The lowest BCUT2D eigenvalue weighted by Gasteiger charge is -2.18. The summed E-state index contributed by atoms with van der Waals surface area (Å²) in [6.07, 6.45) is 2.21. The van der Waals surface area contributed by atoms with E-state index in [0.29, 0.717) is 6.10 Å². The van der Waals surface area contributed by atoms with Crippen LogP contribution in [0.5, 0.6) is 0 Å². The van der Waals surface area contributed by atoms with Gasteiger partial charge < -0.3 is 9.47 Å². The molecule has 0 aromatic heterocycles. The Bertz CT molecular complexity index is 348. The molecule has 0 saturated carbocycles. The van der Waals surface area contributed by atoms with Crippen LogP contribution in [0.1, 0.15) is 11.1 Å². The molecule has 1 fully saturated rings. The summed E-state index contributed by atoms with van der Waals surface area (Å²) < 4.78 is 11.0. The molecule has 1 aromatic carbocycles. The second-order valence-corrected chi connectivity index (χ2v) is 3.77. The molecule has 0 amide bonds. The van der Waals surface area contributed by atoms with Crippen LogP contribution in [0.4, 0.5) is 0 Å². The Kier molecular flexibility index (Phi) is 1.35. The monoisotopic (exact) mass is 176 g/mol. The summed E-state index contributed by atoms with van der Waals surface area (Å²) in [5.74, 6) is -0.269. The third-order valence-electron chi connectivity index (χ3n) is 3.08. The molecule has 0 radical (unpaired) electrons. The molecule has 1 saturated heterocycles. The predicted octanol–water partition coefficient (Wildman–Crippen LogP) is 1.53. The first-order valence-electron chi connectivity index (χ1n) is 4.64. The normalized spacial score (nSPS) is 35.0. The smallest absolute Gasteiger partial charge is 0.199 e. The number of methoxy groups -OCH3 is 1. The fraction of sp³-hybridized carbons (Fsp3) is 0.455. The maximum atomic E-state index is 5.57. The fourth-order valence-corrected chi connectivity index (χ4v) is 2.21. The molecule has 0 spiro atoms. The van der Waals surface area contributed by atoms with Gasteiger partial charge in [-0.15, -0.1) is 0 Å². The van der Waals surface area contributed by atoms with Crippen LogP contribution in [-0.4, -0.2) is 19.0 Å². The molecule has 2 aliphatic rings. The molecule has 68 valence electrons. The van der Waals surface area contributed by atoms with E-state index in [1.54, 1.807) is 7.11 Å². The van der Waals surface area contributed by atoms with Crippen molar-refractivity contribution in [1.29, 1.82) is 0 Å². The highest BCUT2D eigenvalue weighted by Crippen LogP contribution is 2.46. The van der Waals surface area contributed by atoms with Gasteiger partial charge in [-0.25, -0.2) is 0 Å². The molecule has 1 aliphatic carbocycles. The maximum Gasteiger partial charge on any atom is 0.199 e. The summed E-state index contributed by atoms with van der Waals surface area (Å²) >= 11 is 0. The van der Waals surface area contributed by atoms with E-state index in [0.717, 1.165) is 12.8 Å². The molecule has 0 bridgehead atoms. The molecule has 0 N–H and O–H groups in total. The maximum absolute atomic E-state index is 5.57. The molecule has 3 rings (SSSR count). The second-order valence-electron chi connectivity index (χ2n) is 3.77. The molecule has 2 nitrogen and oxygen atoms in total. The number of rotatable bonds is 1. The number of fused-ring (bicyclic) bond motifs is 2. The van der Waals surface area contributed by atoms with Gasteiger partial charge in [0.15, 0.2) is 5.79 Å². The van der Waals surface area contributed by atoms with Crippen molar-refractivity contribution in [2.24, 2.45) is 0 Å². The van der Waals surface area contributed by atoms with Gasteiger partial charge in [0.1, 0.15) is 6.10 Å². The van der Waals surface area contributed by atoms with Crippen molar-refractivity contribution in [3.05, 3.63) is 35.4 Å². The van der Waals surface area contributed by atoms with Gasteiger partial charge in [0.2, 0.25) is 0 Å². The second kappa shape index (κ2) is 2.34. The molecular weight excluding hydrogens is 164 g/mol. The van der Waals surface area contributed by atoms with E-state index in [9.17, 15) is 0 Å². The highest BCUT2D eigenvalue weighted by atomic mass is 16.8. The Morgan fingerprint density at radius 3 is 2.92 bits per heavy atom. The Balaban J connectivity index is 1.99. The van der Waals surface area contributed by atoms with Gasteiger partial charge in [0.25, 0.3) is 0 Å². The SMILES string of the molecule is CO[C@]12Cc3ccccc3C[C@H]1O2. The van der Waals surface area contributed by atoms with Crippen LogP contribution in [0.25, 0.3) is 0 Å². The summed E-state index contributed by atoms with van der Waals surface area (Å²) in [7, 11) is 1.73. The molecule has 1 aliphatic heterocycles. The van der Waals surface area contributed by atoms with Gasteiger partial charge in [-0.05, 0) is 11.1 Å². The molecule has 2 atom stereocenters. The lowest BCUT2D eigenvalue weighted by Crippen LogP contribution is -2.27. The minimum Gasteiger partial charge on any atom is -0.351 e. The minimum atomic E-state index is -0.269. The summed E-state index contributed by atoms with van der Waals surface area (Å²) in [4.78, 5) is 0. The quantitative estimate of drug-likeness (QED) is 0.605. The summed E-state index contributed by atoms with van der Waals surface area (Å²) in [6.45, 7) is 0. The largest absolute Gasteiger partial charge is 0.351 e. The van der Waals surface area contributed by atoms with Crippen LogP contribution in [0.15, 0.2) is 24.3 Å². The number of epoxide rings is 1. The Morgan fingerprint density at radius 2 is 2.15 bits per heavy atom. The zero-order chi connectivity index (χ0) is 8.89. The number of hydrogen-bond donors (Lipinski definition) is 0. The molecule has 1 aromatic rings. The van der Waals surface area contributed by atoms with Crippen LogP contribution in [0, 0.1) is 0 Å². The van der Waals surface area contributed by atoms with Crippen LogP contribution in [0.2, 0.25) is 0 Å². The van der Waals surface area contributed by atoms with Gasteiger partial charge in [0.05, 0.1) is 0 Å². The lowest BCUT2D eigenvalue weighted by atomic mass is 9.90. The average molecular weight is 176 g/mol. The van der Waals surface area contributed by atoms with Crippen molar-refractivity contribution in [2.75, 3.05) is 7.11 Å². The lowest BCUT2D eigenvalue weighted by molar-refractivity contribution is -0.0101. The van der Waals surface area contributed by atoms with Crippen molar-refractivity contribution in [1.82, 2.24) is 0 Å². The molecule has 0 unspecified atom stereocenters. The summed E-state index contributed by atoms with van der Waals surface area (Å²) in [5.41, 5.74) is 2.79. The highest BCUT2D eigenvalue weighted by Gasteiger charge is 2.59. The van der Waals surface area contributed by atoms with E-state index >= 15 is 0 Å². The number of benzene rings is 1. The molecule has 13 heavy (non-hydrogen) atoms. The van der Waals surface area contributed by atoms with Gasteiger partial charge in [-0.3, -0.25) is 0 Å². The van der Waals surface area contributed by atoms with E-state index in [4.69, 9.17) is 9.47 Å². The Labute approximate surface area is 77.5 Å². The number of ether oxygens (including phenoxy) is 2. The Hall–Kier alpha value is -0.860. The first-order chi connectivity index (χ1) is 6.34. The van der Waals surface area contributed by atoms with Gasteiger partial charge in [-0.1, -0.05) is 24.3 Å².